The van der Waals surface area contributed by atoms with Crippen LogP contribution in [-0.4, -0.2) is 30.6 Å². The number of ether oxygens (including phenoxy) is 1. The SMILES string of the molecule is N#CC1CCN(C2COc3ccccc3C2)C1. The zero-order valence-electron chi connectivity index (χ0n) is 9.80. The number of hydrogen-bond donors (Lipinski definition) is 0. The lowest BCUT2D eigenvalue weighted by molar-refractivity contribution is 0.140. The van der Waals surface area contributed by atoms with Crippen LogP contribution < -0.4 is 4.74 Å². The van der Waals surface area contributed by atoms with Crippen LogP contribution in [0.1, 0.15) is 12.0 Å². The molecule has 2 aliphatic heterocycles. The van der Waals surface area contributed by atoms with E-state index in [0.717, 1.165) is 38.3 Å². The summed E-state index contributed by atoms with van der Waals surface area (Å²) in [6, 6.07) is 11.1. The molecule has 3 rings (SSSR count). The van der Waals surface area contributed by atoms with Gasteiger partial charge in [0.2, 0.25) is 0 Å². The van der Waals surface area contributed by atoms with Gasteiger partial charge in [0.1, 0.15) is 12.4 Å². The van der Waals surface area contributed by atoms with Crippen LogP contribution in [0.15, 0.2) is 24.3 Å². The molecule has 3 nitrogen and oxygen atoms in total. The van der Waals surface area contributed by atoms with Gasteiger partial charge in [-0.05, 0) is 31.0 Å². The summed E-state index contributed by atoms with van der Waals surface area (Å²) in [6.07, 6.45) is 2.06. The number of hydrogen-bond acceptors (Lipinski definition) is 3. The quantitative estimate of drug-likeness (QED) is 0.736. The second-order valence-corrected chi connectivity index (χ2v) is 4.89. The largest absolute Gasteiger partial charge is 0.492 e. The number of benzene rings is 1. The van der Waals surface area contributed by atoms with Crippen molar-refractivity contribution in [2.45, 2.75) is 18.9 Å². The highest BCUT2D eigenvalue weighted by molar-refractivity contribution is 5.35. The minimum absolute atomic E-state index is 0.215. The van der Waals surface area contributed by atoms with Crippen molar-refractivity contribution in [3.8, 4) is 11.8 Å². The summed E-state index contributed by atoms with van der Waals surface area (Å²) in [6.45, 7) is 2.70. The number of nitriles is 1. The van der Waals surface area contributed by atoms with E-state index in [-0.39, 0.29) is 5.92 Å². The number of rotatable bonds is 1. The minimum Gasteiger partial charge on any atom is -0.492 e. The molecule has 2 atom stereocenters. The van der Waals surface area contributed by atoms with E-state index in [1.165, 1.54) is 5.56 Å². The average molecular weight is 228 g/mol. The molecule has 1 fully saturated rings. The highest BCUT2D eigenvalue weighted by atomic mass is 16.5. The highest BCUT2D eigenvalue weighted by Crippen LogP contribution is 2.28. The molecule has 17 heavy (non-hydrogen) atoms. The minimum atomic E-state index is 0.215. The van der Waals surface area contributed by atoms with Crippen molar-refractivity contribution < 1.29 is 4.74 Å². The molecule has 88 valence electrons. The van der Waals surface area contributed by atoms with Gasteiger partial charge >= 0.3 is 0 Å². The fourth-order valence-electron chi connectivity index (χ4n) is 2.77. The molecule has 3 heteroatoms. The predicted molar refractivity (Wildman–Crippen MR) is 64.7 cm³/mol. The first-order valence-corrected chi connectivity index (χ1v) is 6.21. The van der Waals surface area contributed by atoms with Gasteiger partial charge in [-0.25, -0.2) is 0 Å². The van der Waals surface area contributed by atoms with Crippen LogP contribution in [0.3, 0.4) is 0 Å². The Morgan fingerprint density at radius 2 is 2.24 bits per heavy atom. The van der Waals surface area contributed by atoms with Crippen molar-refractivity contribution in [2.75, 3.05) is 19.7 Å². The zero-order chi connectivity index (χ0) is 11.7. The van der Waals surface area contributed by atoms with E-state index in [1.54, 1.807) is 0 Å². The van der Waals surface area contributed by atoms with Gasteiger partial charge in [0, 0.05) is 12.6 Å². The van der Waals surface area contributed by atoms with Gasteiger partial charge in [-0.2, -0.15) is 5.26 Å². The Morgan fingerprint density at radius 3 is 3.06 bits per heavy atom. The van der Waals surface area contributed by atoms with E-state index in [9.17, 15) is 0 Å². The van der Waals surface area contributed by atoms with Crippen molar-refractivity contribution >= 4 is 0 Å². The molecule has 0 N–H and O–H groups in total. The second kappa shape index (κ2) is 4.38. The summed E-state index contributed by atoms with van der Waals surface area (Å²) in [5.74, 6) is 1.24. The third-order valence-electron chi connectivity index (χ3n) is 3.78. The molecule has 0 radical (unpaired) electrons. The Labute approximate surface area is 102 Å². The standard InChI is InChI=1S/C14H16N2O/c15-8-11-5-6-16(9-11)13-7-12-3-1-2-4-14(12)17-10-13/h1-4,11,13H,5-7,9-10H2. The van der Waals surface area contributed by atoms with Crippen LogP contribution in [0.2, 0.25) is 0 Å². The maximum atomic E-state index is 8.93. The Hall–Kier alpha value is -1.53. The molecule has 0 spiro atoms. The van der Waals surface area contributed by atoms with Gasteiger partial charge in [-0.1, -0.05) is 18.2 Å². The van der Waals surface area contributed by atoms with Crippen LogP contribution in [0.4, 0.5) is 0 Å². The fraction of sp³-hybridized carbons (Fsp3) is 0.500. The predicted octanol–water partition coefficient (Wildman–Crippen LogP) is 1.84. The molecule has 0 bridgehead atoms. The molecule has 1 aromatic rings. The molecule has 2 heterocycles. The van der Waals surface area contributed by atoms with Crippen molar-refractivity contribution in [2.24, 2.45) is 5.92 Å². The van der Waals surface area contributed by atoms with E-state index in [1.807, 2.05) is 12.1 Å². The summed E-state index contributed by atoms with van der Waals surface area (Å²) in [4.78, 5) is 2.41. The molecule has 2 unspecified atom stereocenters. The van der Waals surface area contributed by atoms with Crippen LogP contribution in [0.5, 0.6) is 5.75 Å². The number of para-hydroxylation sites is 1. The van der Waals surface area contributed by atoms with Crippen LogP contribution in [-0.2, 0) is 6.42 Å². The molecular weight excluding hydrogens is 212 g/mol. The lowest BCUT2D eigenvalue weighted by atomic mass is 10.0. The summed E-state index contributed by atoms with van der Waals surface area (Å²) >= 11 is 0. The van der Waals surface area contributed by atoms with E-state index >= 15 is 0 Å². The highest BCUT2D eigenvalue weighted by Gasteiger charge is 2.31. The summed E-state index contributed by atoms with van der Waals surface area (Å²) in [5, 5.41) is 8.93. The molecule has 0 saturated carbocycles. The lowest BCUT2D eigenvalue weighted by Crippen LogP contribution is -2.41. The van der Waals surface area contributed by atoms with Crippen molar-refractivity contribution in [3.05, 3.63) is 29.8 Å². The van der Waals surface area contributed by atoms with Crippen molar-refractivity contribution in [3.63, 3.8) is 0 Å². The normalized spacial score (nSPS) is 28.2. The van der Waals surface area contributed by atoms with Gasteiger partial charge < -0.3 is 4.74 Å². The average Bonchev–Trinajstić information content (AvgIpc) is 2.87. The maximum Gasteiger partial charge on any atom is 0.122 e. The first kappa shape index (κ1) is 10.6. The third kappa shape index (κ3) is 2.01. The molecule has 1 aromatic carbocycles. The maximum absolute atomic E-state index is 8.93. The van der Waals surface area contributed by atoms with Gasteiger partial charge in [0.25, 0.3) is 0 Å². The van der Waals surface area contributed by atoms with E-state index in [4.69, 9.17) is 10.00 Å². The Morgan fingerprint density at radius 1 is 1.35 bits per heavy atom. The lowest BCUT2D eigenvalue weighted by Gasteiger charge is -2.32. The third-order valence-corrected chi connectivity index (χ3v) is 3.78. The van der Waals surface area contributed by atoms with Gasteiger partial charge in [-0.15, -0.1) is 0 Å². The zero-order valence-corrected chi connectivity index (χ0v) is 9.80. The fourth-order valence-corrected chi connectivity index (χ4v) is 2.77. The topological polar surface area (TPSA) is 36.3 Å². The second-order valence-electron chi connectivity index (χ2n) is 4.89. The number of likely N-dealkylation sites (tertiary alicyclic amines) is 1. The van der Waals surface area contributed by atoms with Gasteiger partial charge in [0.15, 0.2) is 0 Å². The van der Waals surface area contributed by atoms with Crippen LogP contribution >= 0.6 is 0 Å². The molecule has 0 amide bonds. The molecule has 1 saturated heterocycles. The van der Waals surface area contributed by atoms with Crippen LogP contribution in [0.25, 0.3) is 0 Å². The number of nitrogens with zero attached hydrogens (tertiary/aromatic N) is 2. The van der Waals surface area contributed by atoms with Crippen molar-refractivity contribution in [1.82, 2.24) is 4.90 Å². The molecule has 0 aromatic heterocycles. The first-order valence-electron chi connectivity index (χ1n) is 6.21. The smallest absolute Gasteiger partial charge is 0.122 e. The molecule has 2 aliphatic rings. The van der Waals surface area contributed by atoms with E-state index in [2.05, 4.69) is 23.1 Å². The van der Waals surface area contributed by atoms with Gasteiger partial charge in [0.05, 0.1) is 12.0 Å². The Kier molecular flexibility index (Phi) is 2.74. The van der Waals surface area contributed by atoms with E-state index < -0.39 is 0 Å². The molecule has 0 aliphatic carbocycles. The van der Waals surface area contributed by atoms with Crippen molar-refractivity contribution in [1.29, 1.82) is 5.26 Å². The molecular formula is C14H16N2O. The summed E-state index contributed by atoms with van der Waals surface area (Å²) < 4.78 is 5.79. The number of fused-ring (bicyclic) bond motifs is 1. The first-order chi connectivity index (χ1) is 8.36. The monoisotopic (exact) mass is 228 g/mol. The summed E-state index contributed by atoms with van der Waals surface area (Å²) in [5.41, 5.74) is 1.30. The Balaban J connectivity index is 1.71. The van der Waals surface area contributed by atoms with Gasteiger partial charge in [-0.3, -0.25) is 4.90 Å². The van der Waals surface area contributed by atoms with Crippen LogP contribution in [0, 0.1) is 17.2 Å². The summed E-state index contributed by atoms with van der Waals surface area (Å²) in [7, 11) is 0. The van der Waals surface area contributed by atoms with E-state index in [0.29, 0.717) is 6.04 Å². The Bertz CT molecular complexity index is 452.